The molecule has 1 aliphatic heterocycles. The number of rotatable bonds is 2. The second-order valence-corrected chi connectivity index (χ2v) is 9.03. The first-order valence-corrected chi connectivity index (χ1v) is 10.2. The fourth-order valence-electron chi connectivity index (χ4n) is 4.32. The molecule has 152 valence electrons. The number of allylic oxidation sites excluding steroid dienone is 2. The molecular formula is C23H20ClFN4O. The van der Waals surface area contributed by atoms with Crippen molar-refractivity contribution >= 4 is 23.3 Å². The zero-order chi connectivity index (χ0) is 21.0. The molecule has 2 heterocycles. The first-order valence-electron chi connectivity index (χ1n) is 9.82. The van der Waals surface area contributed by atoms with E-state index in [1.54, 1.807) is 35.0 Å². The van der Waals surface area contributed by atoms with Gasteiger partial charge in [0, 0.05) is 22.7 Å². The summed E-state index contributed by atoms with van der Waals surface area (Å²) in [5, 5.41) is 8.53. The highest BCUT2D eigenvalue weighted by molar-refractivity contribution is 6.30. The molecule has 0 saturated heterocycles. The molecule has 30 heavy (non-hydrogen) atoms. The Kier molecular flexibility index (Phi) is 4.29. The Labute approximate surface area is 178 Å². The average molecular weight is 423 g/mol. The number of nitrogens with one attached hydrogen (secondary N) is 1. The van der Waals surface area contributed by atoms with Crippen LogP contribution in [0.1, 0.15) is 38.3 Å². The van der Waals surface area contributed by atoms with E-state index in [4.69, 9.17) is 11.6 Å². The van der Waals surface area contributed by atoms with Crippen LogP contribution in [0.3, 0.4) is 0 Å². The largest absolute Gasteiger partial charge is 0.328 e. The van der Waals surface area contributed by atoms with Crippen molar-refractivity contribution in [3.8, 4) is 11.4 Å². The highest BCUT2D eigenvalue weighted by Gasteiger charge is 2.42. The number of anilines is 1. The minimum atomic E-state index is -0.440. The highest BCUT2D eigenvalue weighted by Crippen LogP contribution is 2.45. The van der Waals surface area contributed by atoms with Gasteiger partial charge in [0.1, 0.15) is 11.9 Å². The van der Waals surface area contributed by atoms with Crippen molar-refractivity contribution < 1.29 is 9.18 Å². The van der Waals surface area contributed by atoms with E-state index in [2.05, 4.69) is 29.2 Å². The summed E-state index contributed by atoms with van der Waals surface area (Å²) in [4.78, 5) is 17.8. The molecule has 0 radical (unpaired) electrons. The molecule has 1 aliphatic carbocycles. The molecule has 2 aliphatic rings. The van der Waals surface area contributed by atoms with Crippen LogP contribution in [0.2, 0.25) is 5.02 Å². The van der Waals surface area contributed by atoms with Crippen molar-refractivity contribution in [2.45, 2.75) is 32.7 Å². The second-order valence-electron chi connectivity index (χ2n) is 8.60. The molecule has 0 amide bonds. The summed E-state index contributed by atoms with van der Waals surface area (Å²) in [5.74, 6) is 0.472. The minimum absolute atomic E-state index is 0.0855. The molecule has 2 aromatic carbocycles. The topological polar surface area (TPSA) is 59.8 Å². The van der Waals surface area contributed by atoms with Gasteiger partial charge in [0.2, 0.25) is 5.95 Å². The molecule has 0 bridgehead atoms. The van der Waals surface area contributed by atoms with E-state index < -0.39 is 11.9 Å². The number of benzene rings is 2. The second kappa shape index (κ2) is 6.77. The van der Waals surface area contributed by atoms with Gasteiger partial charge in [-0.15, -0.1) is 5.10 Å². The molecule has 7 heteroatoms. The standard InChI is InChI=1S/C23H20ClFN4O/c1-23(2)11-17-19(18(30)12-23)20(13-7-9-14(24)10-8-13)29-22(26-17)27-21(28-29)15-5-3-4-6-16(15)25/h3-10,20H,11-12H2,1-2H3,(H,26,27,28). The quantitative estimate of drug-likeness (QED) is 0.601. The lowest BCUT2D eigenvalue weighted by Crippen LogP contribution is -2.36. The Hall–Kier alpha value is -2.99. The normalized spacial score (nSPS) is 19.9. The molecule has 0 saturated carbocycles. The molecule has 1 atom stereocenters. The van der Waals surface area contributed by atoms with Crippen LogP contribution in [0, 0.1) is 11.2 Å². The van der Waals surface area contributed by atoms with Gasteiger partial charge in [-0.3, -0.25) is 4.79 Å². The van der Waals surface area contributed by atoms with Gasteiger partial charge >= 0.3 is 0 Å². The van der Waals surface area contributed by atoms with Crippen molar-refractivity contribution in [1.29, 1.82) is 0 Å². The molecule has 5 rings (SSSR count). The van der Waals surface area contributed by atoms with Gasteiger partial charge in [0.15, 0.2) is 11.6 Å². The van der Waals surface area contributed by atoms with Crippen molar-refractivity contribution in [3.05, 3.63) is 76.2 Å². The summed E-state index contributed by atoms with van der Waals surface area (Å²) in [6.45, 7) is 4.16. The summed E-state index contributed by atoms with van der Waals surface area (Å²) in [5.41, 5.74) is 2.60. The molecule has 0 spiro atoms. The summed E-state index contributed by atoms with van der Waals surface area (Å²) in [7, 11) is 0. The van der Waals surface area contributed by atoms with Crippen LogP contribution in [0.25, 0.3) is 11.4 Å². The maximum absolute atomic E-state index is 14.4. The van der Waals surface area contributed by atoms with Gasteiger partial charge in [0.25, 0.3) is 0 Å². The molecule has 5 nitrogen and oxygen atoms in total. The van der Waals surface area contributed by atoms with E-state index in [1.165, 1.54) is 6.07 Å². The number of carbonyl (C=O) groups excluding carboxylic acids is 1. The van der Waals surface area contributed by atoms with E-state index in [0.29, 0.717) is 28.5 Å². The Morgan fingerprint density at radius 3 is 2.60 bits per heavy atom. The van der Waals surface area contributed by atoms with E-state index in [9.17, 15) is 9.18 Å². The van der Waals surface area contributed by atoms with Gasteiger partial charge in [-0.05, 0) is 41.7 Å². The SMILES string of the molecule is CC1(C)CC(=O)C2=C(C1)Nc1nc(-c3ccccc3F)nn1C2c1ccc(Cl)cc1. The average Bonchev–Trinajstić information content (AvgIpc) is 3.10. The van der Waals surface area contributed by atoms with E-state index in [1.807, 2.05) is 12.1 Å². The molecule has 1 unspecified atom stereocenters. The van der Waals surface area contributed by atoms with Crippen LogP contribution in [-0.4, -0.2) is 20.5 Å². The van der Waals surface area contributed by atoms with Gasteiger partial charge in [-0.1, -0.05) is 49.7 Å². The van der Waals surface area contributed by atoms with Crippen molar-refractivity contribution in [2.75, 3.05) is 5.32 Å². The maximum Gasteiger partial charge on any atom is 0.226 e. The van der Waals surface area contributed by atoms with Crippen LogP contribution in [0.5, 0.6) is 0 Å². The predicted octanol–water partition coefficient (Wildman–Crippen LogP) is 5.40. The molecule has 0 fully saturated rings. The highest BCUT2D eigenvalue weighted by atomic mass is 35.5. The van der Waals surface area contributed by atoms with E-state index >= 15 is 0 Å². The third-order valence-electron chi connectivity index (χ3n) is 5.63. The first-order chi connectivity index (χ1) is 14.3. The number of hydrogen-bond acceptors (Lipinski definition) is 4. The van der Waals surface area contributed by atoms with Crippen LogP contribution in [-0.2, 0) is 4.79 Å². The number of nitrogens with zero attached hydrogens (tertiary/aromatic N) is 3. The zero-order valence-electron chi connectivity index (χ0n) is 16.6. The summed E-state index contributed by atoms with van der Waals surface area (Å²) in [6.07, 6.45) is 1.18. The van der Waals surface area contributed by atoms with Crippen molar-refractivity contribution in [2.24, 2.45) is 5.41 Å². The molecule has 1 N–H and O–H groups in total. The lowest BCUT2D eigenvalue weighted by Gasteiger charge is -2.38. The Morgan fingerprint density at radius 1 is 1.13 bits per heavy atom. The smallest absolute Gasteiger partial charge is 0.226 e. The van der Waals surface area contributed by atoms with E-state index in [-0.39, 0.29) is 17.0 Å². The predicted molar refractivity (Wildman–Crippen MR) is 114 cm³/mol. The summed E-state index contributed by atoms with van der Waals surface area (Å²) in [6, 6.07) is 13.3. The number of hydrogen-bond donors (Lipinski definition) is 1. The monoisotopic (exact) mass is 422 g/mol. The fraction of sp³-hybridized carbons (Fsp3) is 0.261. The molecule has 1 aromatic heterocycles. The number of carbonyl (C=O) groups is 1. The van der Waals surface area contributed by atoms with Gasteiger partial charge < -0.3 is 5.32 Å². The zero-order valence-corrected chi connectivity index (χ0v) is 17.4. The number of Topliss-reactive ketones (excluding diaryl/α,β-unsaturated/α-hetero) is 1. The summed E-state index contributed by atoms with van der Waals surface area (Å²) < 4.78 is 16.1. The minimum Gasteiger partial charge on any atom is -0.328 e. The van der Waals surface area contributed by atoms with Crippen molar-refractivity contribution in [1.82, 2.24) is 14.8 Å². The van der Waals surface area contributed by atoms with Crippen LogP contribution >= 0.6 is 11.6 Å². The van der Waals surface area contributed by atoms with Crippen LogP contribution < -0.4 is 5.32 Å². The number of ketones is 1. The third kappa shape index (κ3) is 3.12. The lowest BCUT2D eigenvalue weighted by molar-refractivity contribution is -0.118. The Balaban J connectivity index is 1.69. The number of halogens is 2. The third-order valence-corrected chi connectivity index (χ3v) is 5.88. The van der Waals surface area contributed by atoms with Crippen LogP contribution in [0.15, 0.2) is 59.8 Å². The molecule has 3 aromatic rings. The van der Waals surface area contributed by atoms with Gasteiger partial charge in [0.05, 0.1) is 5.56 Å². The first kappa shape index (κ1) is 19.0. The van der Waals surface area contributed by atoms with Gasteiger partial charge in [-0.25, -0.2) is 9.07 Å². The van der Waals surface area contributed by atoms with E-state index in [0.717, 1.165) is 17.7 Å². The Morgan fingerprint density at radius 2 is 1.87 bits per heavy atom. The number of aromatic nitrogens is 3. The van der Waals surface area contributed by atoms with Crippen molar-refractivity contribution in [3.63, 3.8) is 0 Å². The fourth-order valence-corrected chi connectivity index (χ4v) is 4.44. The molecular weight excluding hydrogens is 403 g/mol. The summed E-state index contributed by atoms with van der Waals surface area (Å²) >= 11 is 6.09. The van der Waals surface area contributed by atoms with Gasteiger partial charge in [-0.2, -0.15) is 4.98 Å². The maximum atomic E-state index is 14.4. The lowest BCUT2D eigenvalue weighted by atomic mass is 9.73. The van der Waals surface area contributed by atoms with Crippen LogP contribution in [0.4, 0.5) is 10.3 Å². The number of fused-ring (bicyclic) bond motifs is 1. The Bertz CT molecular complexity index is 1200.